The van der Waals surface area contributed by atoms with Gasteiger partial charge in [-0.25, -0.2) is 15.0 Å². The van der Waals surface area contributed by atoms with Crippen molar-refractivity contribution in [2.75, 3.05) is 38.0 Å². The minimum atomic E-state index is -0.148. The van der Waals surface area contributed by atoms with Gasteiger partial charge in [0, 0.05) is 36.2 Å². The van der Waals surface area contributed by atoms with Crippen LogP contribution in [0.3, 0.4) is 0 Å². The van der Waals surface area contributed by atoms with E-state index in [2.05, 4.69) is 25.2 Å². The maximum Gasteiger partial charge on any atom is 0.236 e. The van der Waals surface area contributed by atoms with E-state index in [-0.39, 0.29) is 23.7 Å². The molecule has 2 fully saturated rings. The number of oxazole rings is 1. The Kier molecular flexibility index (Phi) is 5.81. The Balaban J connectivity index is 1.19. The van der Waals surface area contributed by atoms with Crippen molar-refractivity contribution < 1.29 is 14.0 Å². The number of nitrogens with one attached hydrogen (secondary N) is 1. The smallest absolute Gasteiger partial charge is 0.236 e. The fraction of sp³-hybridized carbons (Fsp3) is 0.435. The average Bonchev–Trinajstić information content (AvgIpc) is 3.53. The number of hydrogen-bond acceptors (Lipinski definition) is 7. The fourth-order valence-corrected chi connectivity index (χ4v) is 4.43. The van der Waals surface area contributed by atoms with Crippen molar-refractivity contribution in [1.29, 1.82) is 0 Å². The SMILES string of the molecule is O=C(Nc1ncc2ccc(-c3cnco3)cc2n1)C1CCN(C(=O)CN2CCCC2)CC1. The van der Waals surface area contributed by atoms with Gasteiger partial charge in [0.05, 0.1) is 18.3 Å². The molecule has 1 aromatic carbocycles. The highest BCUT2D eigenvalue weighted by molar-refractivity contribution is 5.92. The summed E-state index contributed by atoms with van der Waals surface area (Å²) in [5, 5.41) is 3.72. The van der Waals surface area contributed by atoms with Crippen molar-refractivity contribution in [2.45, 2.75) is 25.7 Å². The minimum absolute atomic E-state index is 0.0950. The molecule has 0 spiro atoms. The van der Waals surface area contributed by atoms with Crippen LogP contribution < -0.4 is 5.32 Å². The zero-order valence-electron chi connectivity index (χ0n) is 17.9. The van der Waals surface area contributed by atoms with Gasteiger partial charge in [0.1, 0.15) is 0 Å². The van der Waals surface area contributed by atoms with Crippen molar-refractivity contribution in [3.8, 4) is 11.3 Å². The topological polar surface area (TPSA) is 104 Å². The number of amides is 2. The summed E-state index contributed by atoms with van der Waals surface area (Å²) in [7, 11) is 0. The first-order chi connectivity index (χ1) is 15.7. The monoisotopic (exact) mass is 434 g/mol. The van der Waals surface area contributed by atoms with E-state index >= 15 is 0 Å². The van der Waals surface area contributed by atoms with E-state index in [1.54, 1.807) is 12.4 Å². The zero-order chi connectivity index (χ0) is 21.9. The van der Waals surface area contributed by atoms with Crippen LogP contribution in [0, 0.1) is 5.92 Å². The molecule has 2 saturated heterocycles. The molecule has 0 aliphatic carbocycles. The van der Waals surface area contributed by atoms with Gasteiger partial charge in [0.15, 0.2) is 12.2 Å². The van der Waals surface area contributed by atoms with Crippen LogP contribution in [0.1, 0.15) is 25.7 Å². The number of likely N-dealkylation sites (tertiary alicyclic amines) is 2. The molecular weight excluding hydrogens is 408 g/mol. The quantitative estimate of drug-likeness (QED) is 0.658. The first kappa shape index (κ1) is 20.6. The van der Waals surface area contributed by atoms with Crippen LogP contribution in [-0.4, -0.2) is 69.3 Å². The Hall–Kier alpha value is -3.33. The molecule has 2 aliphatic rings. The summed E-state index contributed by atoms with van der Waals surface area (Å²) < 4.78 is 5.35. The Morgan fingerprint density at radius 1 is 1.09 bits per heavy atom. The van der Waals surface area contributed by atoms with Crippen LogP contribution in [-0.2, 0) is 9.59 Å². The van der Waals surface area contributed by atoms with Gasteiger partial charge in [-0.2, -0.15) is 0 Å². The van der Waals surface area contributed by atoms with Gasteiger partial charge in [0.2, 0.25) is 17.8 Å². The third kappa shape index (κ3) is 4.47. The summed E-state index contributed by atoms with van der Waals surface area (Å²) in [4.78, 5) is 42.1. The van der Waals surface area contributed by atoms with Crippen LogP contribution >= 0.6 is 0 Å². The van der Waals surface area contributed by atoms with Crippen molar-refractivity contribution in [3.63, 3.8) is 0 Å². The lowest BCUT2D eigenvalue weighted by Crippen LogP contribution is -2.45. The number of piperidine rings is 1. The molecule has 2 aliphatic heterocycles. The second kappa shape index (κ2) is 9.04. The predicted molar refractivity (Wildman–Crippen MR) is 119 cm³/mol. The maximum atomic E-state index is 12.8. The van der Waals surface area contributed by atoms with E-state index in [9.17, 15) is 9.59 Å². The highest BCUT2D eigenvalue weighted by Crippen LogP contribution is 2.24. The summed E-state index contributed by atoms with van der Waals surface area (Å²) in [5.74, 6) is 0.867. The molecule has 3 aromatic rings. The van der Waals surface area contributed by atoms with E-state index < -0.39 is 0 Å². The van der Waals surface area contributed by atoms with Crippen molar-refractivity contribution in [1.82, 2.24) is 24.8 Å². The molecule has 0 atom stereocenters. The number of aromatic nitrogens is 3. The standard InChI is InChI=1S/C23H26N6O3/c30-21(14-28-7-1-2-8-28)29-9-5-16(6-10-29)22(31)27-23-25-12-18-4-3-17(11-19(18)26-23)20-13-24-15-32-20/h3-4,11-13,15-16H,1-2,5-10,14H2,(H,25,26,27,31). The summed E-state index contributed by atoms with van der Waals surface area (Å²) in [6, 6.07) is 5.72. The number of benzene rings is 1. The Morgan fingerprint density at radius 2 is 1.91 bits per heavy atom. The summed E-state index contributed by atoms with van der Waals surface area (Å²) in [6.45, 7) is 3.75. The highest BCUT2D eigenvalue weighted by Gasteiger charge is 2.28. The highest BCUT2D eigenvalue weighted by atomic mass is 16.3. The second-order valence-electron chi connectivity index (χ2n) is 8.46. The largest absolute Gasteiger partial charge is 0.444 e. The molecule has 1 N–H and O–H groups in total. The molecule has 2 amide bonds. The lowest BCUT2D eigenvalue weighted by Gasteiger charge is -2.32. The van der Waals surface area contributed by atoms with Gasteiger partial charge in [-0.1, -0.05) is 12.1 Å². The summed E-state index contributed by atoms with van der Waals surface area (Å²) in [5.41, 5.74) is 1.57. The van der Waals surface area contributed by atoms with Crippen LogP contribution in [0.4, 0.5) is 5.95 Å². The molecule has 9 nitrogen and oxygen atoms in total. The molecule has 166 valence electrons. The van der Waals surface area contributed by atoms with Crippen LogP contribution in [0.5, 0.6) is 0 Å². The number of nitrogens with zero attached hydrogens (tertiary/aromatic N) is 5. The van der Waals surface area contributed by atoms with Gasteiger partial charge >= 0.3 is 0 Å². The molecule has 9 heteroatoms. The van der Waals surface area contributed by atoms with Crippen molar-refractivity contribution in [3.05, 3.63) is 37.0 Å². The second-order valence-corrected chi connectivity index (χ2v) is 8.46. The van der Waals surface area contributed by atoms with Gasteiger partial charge < -0.3 is 9.32 Å². The number of carbonyl (C=O) groups excluding carboxylic acids is 2. The van der Waals surface area contributed by atoms with Gasteiger partial charge in [-0.3, -0.25) is 19.8 Å². The summed E-state index contributed by atoms with van der Waals surface area (Å²) >= 11 is 0. The van der Waals surface area contributed by atoms with Crippen LogP contribution in [0.2, 0.25) is 0 Å². The summed E-state index contributed by atoms with van der Waals surface area (Å²) in [6.07, 6.45) is 8.38. The van der Waals surface area contributed by atoms with Gasteiger partial charge in [-0.15, -0.1) is 0 Å². The van der Waals surface area contributed by atoms with E-state index in [0.717, 1.165) is 24.0 Å². The number of anilines is 1. The third-order valence-electron chi connectivity index (χ3n) is 6.31. The van der Waals surface area contributed by atoms with Gasteiger partial charge in [0.25, 0.3) is 0 Å². The lowest BCUT2D eigenvalue weighted by atomic mass is 9.96. The number of rotatable bonds is 5. The van der Waals surface area contributed by atoms with E-state index in [1.165, 1.54) is 19.2 Å². The lowest BCUT2D eigenvalue weighted by molar-refractivity contribution is -0.135. The van der Waals surface area contributed by atoms with Crippen LogP contribution in [0.25, 0.3) is 22.2 Å². The van der Waals surface area contributed by atoms with Gasteiger partial charge in [-0.05, 0) is 44.8 Å². The first-order valence-corrected chi connectivity index (χ1v) is 11.1. The maximum absolute atomic E-state index is 12.8. The molecule has 32 heavy (non-hydrogen) atoms. The first-order valence-electron chi connectivity index (χ1n) is 11.1. The molecule has 4 heterocycles. The normalized spacial score (nSPS) is 17.7. The molecule has 5 rings (SSSR count). The predicted octanol–water partition coefficient (Wildman–Crippen LogP) is 2.56. The Morgan fingerprint density at radius 3 is 2.66 bits per heavy atom. The van der Waals surface area contributed by atoms with E-state index in [4.69, 9.17) is 4.42 Å². The number of hydrogen-bond donors (Lipinski definition) is 1. The van der Waals surface area contributed by atoms with E-state index in [0.29, 0.717) is 43.8 Å². The number of fused-ring (bicyclic) bond motifs is 1. The number of carbonyl (C=O) groups is 2. The third-order valence-corrected chi connectivity index (χ3v) is 6.31. The minimum Gasteiger partial charge on any atom is -0.444 e. The van der Waals surface area contributed by atoms with E-state index in [1.807, 2.05) is 23.1 Å². The molecule has 0 saturated carbocycles. The molecule has 0 unspecified atom stereocenters. The fourth-order valence-electron chi connectivity index (χ4n) is 4.43. The van der Waals surface area contributed by atoms with Crippen molar-refractivity contribution in [2.24, 2.45) is 5.92 Å². The molecule has 0 bridgehead atoms. The van der Waals surface area contributed by atoms with Crippen LogP contribution in [0.15, 0.2) is 41.4 Å². The zero-order valence-corrected chi connectivity index (χ0v) is 17.9. The molecular formula is C23H26N6O3. The Bertz CT molecular complexity index is 1100. The average molecular weight is 435 g/mol. The molecule has 0 radical (unpaired) electrons. The Labute approximate surface area is 185 Å². The van der Waals surface area contributed by atoms with Crippen molar-refractivity contribution >= 4 is 28.7 Å². The molecule has 2 aromatic heterocycles.